The summed E-state index contributed by atoms with van der Waals surface area (Å²) in [6.07, 6.45) is 60.8. The van der Waals surface area contributed by atoms with E-state index in [2.05, 4.69) is 86.8 Å². The van der Waals surface area contributed by atoms with Crippen LogP contribution < -0.4 is 5.32 Å². The Labute approximate surface area is 483 Å². The average molecular weight is 1110 g/mol. The first kappa shape index (κ1) is 74.1. The minimum atomic E-state index is -1.61. The number of hydrogen-bond donors (Lipinski definition) is 6. The molecule has 458 valence electrons. The Kier molecular flexibility index (Phi) is 52.2. The maximum atomic E-state index is 13.5. The first-order valence-electron chi connectivity index (χ1n) is 32.7. The van der Waals surface area contributed by atoms with Crippen molar-refractivity contribution in [3.63, 3.8) is 0 Å². The van der Waals surface area contributed by atoms with E-state index in [0.29, 0.717) is 12.8 Å². The van der Waals surface area contributed by atoms with Gasteiger partial charge in [0.2, 0.25) is 5.91 Å². The highest BCUT2D eigenvalue weighted by Crippen LogP contribution is 2.26. The average Bonchev–Trinajstić information content (AvgIpc) is 3.48. The fraction of sp³-hybridized carbons (Fsp3) is 0.794. The largest absolute Gasteiger partial charge is 0.454 e. The van der Waals surface area contributed by atoms with Gasteiger partial charge in [-0.3, -0.25) is 9.59 Å². The molecule has 11 nitrogen and oxygen atoms in total. The number of allylic oxidation sites excluding steroid dienone is 11. The van der Waals surface area contributed by atoms with Crippen LogP contribution in [0.2, 0.25) is 0 Å². The lowest BCUT2D eigenvalue weighted by Gasteiger charge is -2.41. The number of nitrogens with one attached hydrogen (secondary N) is 1. The van der Waals surface area contributed by atoms with E-state index in [1.807, 2.05) is 6.08 Å². The van der Waals surface area contributed by atoms with Crippen LogP contribution in [0.4, 0.5) is 0 Å². The topological polar surface area (TPSA) is 175 Å². The van der Waals surface area contributed by atoms with Crippen LogP contribution in [0.5, 0.6) is 0 Å². The zero-order chi connectivity index (χ0) is 57.5. The van der Waals surface area contributed by atoms with Crippen LogP contribution in [0.25, 0.3) is 0 Å². The standard InChI is InChI=1S/C68H121NO10/c1-4-7-10-13-16-19-22-25-26-27-28-29-30-31-32-33-34-35-38-40-43-46-49-52-55-61(72)67(76)69-59(60(71)54-51-48-45-42-39-36-23-20-17-14-11-8-5-2)58-77-68-66(65(75)64(74)62(57-70)78-68)79-63(73)56-53-50-47-44-41-37-24-21-18-15-12-9-6-3/h7,10,16,19,25-26,28-29,31-32,51,54,59-62,64-66,68,70-72,74-75H,4-6,8-9,11-15,17-18,20-24,27,30,33-50,52-53,55-58H2,1-3H3,(H,69,76)/b10-7-,19-16-,26-25-,29-28-,32-31-,54-51+. The van der Waals surface area contributed by atoms with Crippen molar-refractivity contribution in [1.29, 1.82) is 0 Å². The molecule has 0 saturated carbocycles. The molecule has 1 heterocycles. The third-order valence-electron chi connectivity index (χ3n) is 15.1. The first-order valence-corrected chi connectivity index (χ1v) is 32.7. The molecule has 6 N–H and O–H groups in total. The van der Waals surface area contributed by atoms with Gasteiger partial charge in [0.15, 0.2) is 12.4 Å². The highest BCUT2D eigenvalue weighted by atomic mass is 16.7. The van der Waals surface area contributed by atoms with Crippen molar-refractivity contribution in [2.45, 2.75) is 333 Å². The summed E-state index contributed by atoms with van der Waals surface area (Å²) < 4.78 is 17.6. The van der Waals surface area contributed by atoms with Crippen molar-refractivity contribution in [2.75, 3.05) is 13.2 Å². The summed E-state index contributed by atoms with van der Waals surface area (Å²) in [5, 5.41) is 57.1. The molecule has 0 radical (unpaired) electrons. The van der Waals surface area contributed by atoms with Crippen molar-refractivity contribution in [3.8, 4) is 0 Å². The highest BCUT2D eigenvalue weighted by molar-refractivity contribution is 5.80. The van der Waals surface area contributed by atoms with Gasteiger partial charge in [0.05, 0.1) is 25.4 Å². The van der Waals surface area contributed by atoms with Crippen LogP contribution in [-0.4, -0.2) is 99.6 Å². The lowest BCUT2D eigenvalue weighted by atomic mass is 9.99. The van der Waals surface area contributed by atoms with Gasteiger partial charge in [0.25, 0.3) is 0 Å². The maximum Gasteiger partial charge on any atom is 0.306 e. The number of esters is 1. The molecule has 0 spiro atoms. The normalized spacial score (nSPS) is 19.3. The van der Waals surface area contributed by atoms with Gasteiger partial charge in [-0.05, 0) is 70.6 Å². The van der Waals surface area contributed by atoms with Crippen molar-refractivity contribution in [3.05, 3.63) is 72.9 Å². The minimum absolute atomic E-state index is 0.124. The Bertz CT molecular complexity index is 1560. The number of ether oxygens (including phenoxy) is 3. The first-order chi connectivity index (χ1) is 38.7. The van der Waals surface area contributed by atoms with E-state index in [9.17, 15) is 35.1 Å². The number of amides is 1. The van der Waals surface area contributed by atoms with Crippen molar-refractivity contribution in [2.24, 2.45) is 0 Å². The molecule has 1 rings (SSSR count). The Morgan fingerprint density at radius 1 is 0.506 bits per heavy atom. The van der Waals surface area contributed by atoms with E-state index < -0.39 is 67.4 Å². The van der Waals surface area contributed by atoms with E-state index in [1.165, 1.54) is 141 Å². The maximum absolute atomic E-state index is 13.5. The number of hydrogen-bond acceptors (Lipinski definition) is 10. The quantitative estimate of drug-likeness (QED) is 0.0195. The lowest BCUT2D eigenvalue weighted by Crippen LogP contribution is -2.61. The van der Waals surface area contributed by atoms with Gasteiger partial charge in [-0.1, -0.05) is 280 Å². The second kappa shape index (κ2) is 55.6. The van der Waals surface area contributed by atoms with E-state index in [4.69, 9.17) is 14.2 Å². The van der Waals surface area contributed by atoms with E-state index >= 15 is 0 Å². The highest BCUT2D eigenvalue weighted by Gasteiger charge is 2.47. The van der Waals surface area contributed by atoms with Gasteiger partial charge in [0.1, 0.15) is 24.4 Å². The second-order valence-corrected chi connectivity index (χ2v) is 22.5. The SMILES string of the molecule is CC/C=C\C/C=C\C/C=C\C/C=C\C/C=C\CCCCCCCCCCC(O)C(=O)NC(COC1OC(CO)C(O)C(O)C1OC(=O)CCCCCCCCCCCCCCC)C(O)/C=C/CCCCCCCCCCCCC. The molecule has 8 atom stereocenters. The molecule has 11 heteroatoms. The molecule has 0 aromatic carbocycles. The van der Waals surface area contributed by atoms with Crippen LogP contribution in [0.15, 0.2) is 72.9 Å². The van der Waals surface area contributed by atoms with Crippen molar-refractivity contribution >= 4 is 11.9 Å². The predicted octanol–water partition coefficient (Wildman–Crippen LogP) is 16.0. The number of rotatable bonds is 55. The van der Waals surface area contributed by atoms with E-state index in [0.717, 1.165) is 96.3 Å². The molecule has 8 unspecified atom stereocenters. The Hall–Kier alpha value is -2.90. The van der Waals surface area contributed by atoms with E-state index in [1.54, 1.807) is 6.08 Å². The van der Waals surface area contributed by atoms with Crippen LogP contribution in [-0.2, 0) is 23.8 Å². The molecule has 0 aromatic rings. The number of carbonyl (C=O) groups is 2. The summed E-state index contributed by atoms with van der Waals surface area (Å²) >= 11 is 0. The monoisotopic (exact) mass is 1110 g/mol. The van der Waals surface area contributed by atoms with Gasteiger partial charge in [-0.25, -0.2) is 0 Å². The summed E-state index contributed by atoms with van der Waals surface area (Å²) in [6, 6.07) is -1.03. The second-order valence-electron chi connectivity index (χ2n) is 22.5. The number of aliphatic hydroxyl groups is 5. The molecule has 79 heavy (non-hydrogen) atoms. The number of aliphatic hydroxyl groups excluding tert-OH is 5. The zero-order valence-corrected chi connectivity index (χ0v) is 50.7. The van der Waals surface area contributed by atoms with Crippen LogP contribution in [0, 0.1) is 0 Å². The summed E-state index contributed by atoms with van der Waals surface area (Å²) in [6.45, 7) is 5.68. The molecular weight excluding hydrogens is 991 g/mol. The van der Waals surface area contributed by atoms with Crippen molar-refractivity contribution in [1.82, 2.24) is 5.32 Å². The molecule has 1 aliphatic heterocycles. The summed E-state index contributed by atoms with van der Waals surface area (Å²) in [4.78, 5) is 26.6. The molecule has 1 fully saturated rings. The summed E-state index contributed by atoms with van der Waals surface area (Å²) in [7, 11) is 0. The molecular formula is C68H121NO10. The molecule has 0 aromatic heterocycles. The predicted molar refractivity (Wildman–Crippen MR) is 329 cm³/mol. The number of unbranched alkanes of at least 4 members (excludes halogenated alkanes) is 31. The third-order valence-corrected chi connectivity index (χ3v) is 15.1. The van der Waals surface area contributed by atoms with Crippen molar-refractivity contribution < 1.29 is 49.3 Å². The molecule has 0 bridgehead atoms. The van der Waals surface area contributed by atoms with Crippen LogP contribution in [0.1, 0.15) is 284 Å². The van der Waals surface area contributed by atoms with E-state index in [-0.39, 0.29) is 19.4 Å². The van der Waals surface area contributed by atoms with Gasteiger partial charge in [-0.15, -0.1) is 0 Å². The van der Waals surface area contributed by atoms with Gasteiger partial charge in [0, 0.05) is 6.42 Å². The molecule has 1 aliphatic rings. The number of carbonyl (C=O) groups excluding carboxylic acids is 2. The molecule has 1 saturated heterocycles. The Morgan fingerprint density at radius 2 is 0.911 bits per heavy atom. The summed E-state index contributed by atoms with van der Waals surface area (Å²) in [5.74, 6) is -1.20. The smallest absolute Gasteiger partial charge is 0.306 e. The Balaban J connectivity index is 2.64. The van der Waals surface area contributed by atoms with Crippen LogP contribution in [0.3, 0.4) is 0 Å². The fourth-order valence-electron chi connectivity index (χ4n) is 9.97. The zero-order valence-electron chi connectivity index (χ0n) is 50.7. The van der Waals surface area contributed by atoms with Gasteiger partial charge in [-0.2, -0.15) is 0 Å². The molecule has 1 amide bonds. The third kappa shape index (κ3) is 43.5. The fourth-order valence-corrected chi connectivity index (χ4v) is 9.97. The Morgan fingerprint density at radius 3 is 1.37 bits per heavy atom. The lowest BCUT2D eigenvalue weighted by molar-refractivity contribution is -0.305. The summed E-state index contributed by atoms with van der Waals surface area (Å²) in [5.41, 5.74) is 0. The minimum Gasteiger partial charge on any atom is -0.454 e. The van der Waals surface area contributed by atoms with Gasteiger partial charge < -0.3 is 45.1 Å². The van der Waals surface area contributed by atoms with Gasteiger partial charge >= 0.3 is 5.97 Å². The van der Waals surface area contributed by atoms with Crippen LogP contribution >= 0.6 is 0 Å². The molecule has 0 aliphatic carbocycles.